The van der Waals surface area contributed by atoms with Gasteiger partial charge in [-0.15, -0.1) is 0 Å². The summed E-state index contributed by atoms with van der Waals surface area (Å²) in [7, 11) is -4.06. The maximum Gasteiger partial charge on any atom is 0.249 e. The molecule has 0 saturated carbocycles. The first-order valence-electron chi connectivity index (χ1n) is 4.97. The fourth-order valence-corrected chi connectivity index (χ4v) is 2.43. The first-order chi connectivity index (χ1) is 8.31. The summed E-state index contributed by atoms with van der Waals surface area (Å²) in [6, 6.07) is 2.88. The van der Waals surface area contributed by atoms with Gasteiger partial charge in [-0.2, -0.15) is 5.26 Å². The van der Waals surface area contributed by atoms with Crippen molar-refractivity contribution in [2.45, 2.75) is 18.6 Å². The van der Waals surface area contributed by atoms with E-state index in [-0.39, 0.29) is 12.1 Å². The molecule has 0 amide bonds. The van der Waals surface area contributed by atoms with Gasteiger partial charge in [-0.1, -0.05) is 6.92 Å². The van der Waals surface area contributed by atoms with Crippen molar-refractivity contribution in [1.82, 2.24) is 0 Å². The highest BCUT2D eigenvalue weighted by atomic mass is 32.2. The van der Waals surface area contributed by atoms with E-state index >= 15 is 0 Å². The Morgan fingerprint density at radius 2 is 2.06 bits per heavy atom. The standard InChI is InChI=1S/C10H11F2N3O2S/c1-2-6(5-13)18(16,17)15-10-4-9(14)7(11)3-8(10)12/h3-4,6,15H,2,14H2,1H3. The quantitative estimate of drug-likeness (QED) is 0.815. The third kappa shape index (κ3) is 2.87. The van der Waals surface area contributed by atoms with E-state index in [0.29, 0.717) is 6.07 Å². The first-order valence-corrected chi connectivity index (χ1v) is 6.52. The van der Waals surface area contributed by atoms with Crippen LogP contribution in [0.4, 0.5) is 20.2 Å². The third-order valence-electron chi connectivity index (χ3n) is 2.23. The molecule has 0 fully saturated rings. The smallest absolute Gasteiger partial charge is 0.249 e. The molecular weight excluding hydrogens is 264 g/mol. The number of sulfonamides is 1. The van der Waals surface area contributed by atoms with Gasteiger partial charge in [-0.05, 0) is 12.5 Å². The number of benzene rings is 1. The Labute approximate surface area is 103 Å². The van der Waals surface area contributed by atoms with Crippen molar-refractivity contribution >= 4 is 21.4 Å². The SMILES string of the molecule is CCC(C#N)S(=O)(=O)Nc1cc(N)c(F)cc1F. The molecular formula is C10H11F2N3O2S. The Hall–Kier alpha value is -1.88. The van der Waals surface area contributed by atoms with Gasteiger partial charge in [-0.3, -0.25) is 4.72 Å². The molecule has 0 aliphatic rings. The minimum absolute atomic E-state index is 0.0458. The molecule has 18 heavy (non-hydrogen) atoms. The van der Waals surface area contributed by atoms with Gasteiger partial charge in [-0.25, -0.2) is 17.2 Å². The Bertz CT molecular complexity index is 596. The van der Waals surface area contributed by atoms with Crippen molar-refractivity contribution in [2.24, 2.45) is 0 Å². The van der Waals surface area contributed by atoms with E-state index in [9.17, 15) is 17.2 Å². The summed E-state index contributed by atoms with van der Waals surface area (Å²) in [6.07, 6.45) is 0.0458. The van der Waals surface area contributed by atoms with Crippen molar-refractivity contribution < 1.29 is 17.2 Å². The summed E-state index contributed by atoms with van der Waals surface area (Å²) in [5.74, 6) is -2.08. The van der Waals surface area contributed by atoms with Gasteiger partial charge in [0.15, 0.2) is 5.25 Å². The zero-order chi connectivity index (χ0) is 13.9. The highest BCUT2D eigenvalue weighted by Gasteiger charge is 2.24. The molecule has 1 atom stereocenters. The van der Waals surface area contributed by atoms with Gasteiger partial charge >= 0.3 is 0 Å². The van der Waals surface area contributed by atoms with E-state index in [4.69, 9.17) is 11.0 Å². The summed E-state index contributed by atoms with van der Waals surface area (Å²) in [5, 5.41) is 7.34. The molecule has 0 aromatic heterocycles. The Balaban J connectivity index is 3.13. The first kappa shape index (κ1) is 14.2. The Morgan fingerprint density at radius 3 is 2.56 bits per heavy atom. The third-order valence-corrected chi connectivity index (χ3v) is 3.92. The maximum atomic E-state index is 13.3. The largest absolute Gasteiger partial charge is 0.396 e. The molecule has 0 radical (unpaired) electrons. The maximum absolute atomic E-state index is 13.3. The van der Waals surface area contributed by atoms with Crippen LogP contribution in [0, 0.1) is 23.0 Å². The zero-order valence-corrected chi connectivity index (χ0v) is 10.3. The van der Waals surface area contributed by atoms with Crippen LogP contribution in [0.25, 0.3) is 0 Å². The fourth-order valence-electron chi connectivity index (χ4n) is 1.25. The lowest BCUT2D eigenvalue weighted by molar-refractivity contribution is 0.582. The number of hydrogen-bond acceptors (Lipinski definition) is 4. The van der Waals surface area contributed by atoms with E-state index < -0.39 is 32.6 Å². The van der Waals surface area contributed by atoms with Gasteiger partial charge in [0.25, 0.3) is 0 Å². The summed E-state index contributed by atoms with van der Waals surface area (Å²) < 4.78 is 51.5. The van der Waals surface area contributed by atoms with Crippen LogP contribution in [0.15, 0.2) is 12.1 Å². The minimum atomic E-state index is -4.06. The number of hydrogen-bond donors (Lipinski definition) is 2. The lowest BCUT2D eigenvalue weighted by atomic mass is 10.2. The van der Waals surface area contributed by atoms with Crippen molar-refractivity contribution in [3.8, 4) is 6.07 Å². The average molecular weight is 275 g/mol. The lowest BCUT2D eigenvalue weighted by Crippen LogP contribution is -2.26. The predicted octanol–water partition coefficient (Wildman–Crippen LogP) is 1.59. The van der Waals surface area contributed by atoms with Crippen LogP contribution in [-0.4, -0.2) is 13.7 Å². The van der Waals surface area contributed by atoms with Crippen molar-refractivity contribution in [1.29, 1.82) is 5.26 Å². The molecule has 0 aliphatic heterocycles. The molecule has 98 valence electrons. The van der Waals surface area contributed by atoms with E-state index in [0.717, 1.165) is 6.07 Å². The Kier molecular flexibility index (Phi) is 4.08. The second kappa shape index (κ2) is 5.18. The van der Waals surface area contributed by atoms with Crippen molar-refractivity contribution in [3.05, 3.63) is 23.8 Å². The van der Waals surface area contributed by atoms with Crippen LogP contribution in [0.3, 0.4) is 0 Å². The molecule has 0 saturated heterocycles. The number of nitrogens with two attached hydrogens (primary N) is 1. The second-order valence-corrected chi connectivity index (χ2v) is 5.39. The summed E-state index contributed by atoms with van der Waals surface area (Å²) >= 11 is 0. The number of nitriles is 1. The molecule has 0 bridgehead atoms. The van der Waals surface area contributed by atoms with Crippen LogP contribution in [0.2, 0.25) is 0 Å². The van der Waals surface area contributed by atoms with E-state index in [1.807, 2.05) is 4.72 Å². The van der Waals surface area contributed by atoms with Crippen LogP contribution in [-0.2, 0) is 10.0 Å². The molecule has 1 aromatic rings. The summed E-state index contributed by atoms with van der Waals surface area (Å²) in [6.45, 7) is 1.50. The van der Waals surface area contributed by atoms with Crippen LogP contribution in [0.5, 0.6) is 0 Å². The fraction of sp³-hybridized carbons (Fsp3) is 0.300. The molecule has 0 heterocycles. The minimum Gasteiger partial charge on any atom is -0.396 e. The topological polar surface area (TPSA) is 96.0 Å². The van der Waals surface area contributed by atoms with Crippen molar-refractivity contribution in [2.75, 3.05) is 10.5 Å². The molecule has 8 heteroatoms. The van der Waals surface area contributed by atoms with Crippen LogP contribution >= 0.6 is 0 Å². The van der Waals surface area contributed by atoms with E-state index in [1.165, 1.54) is 6.92 Å². The lowest BCUT2D eigenvalue weighted by Gasteiger charge is -2.12. The Morgan fingerprint density at radius 1 is 1.44 bits per heavy atom. The van der Waals surface area contributed by atoms with E-state index in [2.05, 4.69) is 0 Å². The monoisotopic (exact) mass is 275 g/mol. The van der Waals surface area contributed by atoms with Gasteiger partial charge < -0.3 is 5.73 Å². The summed E-state index contributed by atoms with van der Waals surface area (Å²) in [4.78, 5) is 0. The van der Waals surface area contributed by atoms with Gasteiger partial charge in [0.2, 0.25) is 10.0 Å². The zero-order valence-electron chi connectivity index (χ0n) is 9.44. The predicted molar refractivity (Wildman–Crippen MR) is 63.0 cm³/mol. The molecule has 3 N–H and O–H groups in total. The van der Waals surface area contributed by atoms with Gasteiger partial charge in [0.1, 0.15) is 11.6 Å². The molecule has 1 rings (SSSR count). The van der Waals surface area contributed by atoms with E-state index in [1.54, 1.807) is 6.07 Å². The van der Waals surface area contributed by atoms with Gasteiger partial charge in [0, 0.05) is 6.07 Å². The van der Waals surface area contributed by atoms with Gasteiger partial charge in [0.05, 0.1) is 17.4 Å². The molecule has 0 spiro atoms. The number of rotatable bonds is 4. The number of halogens is 2. The molecule has 1 aromatic carbocycles. The second-order valence-electron chi connectivity index (χ2n) is 3.53. The highest BCUT2D eigenvalue weighted by molar-refractivity contribution is 7.93. The van der Waals surface area contributed by atoms with Crippen molar-refractivity contribution in [3.63, 3.8) is 0 Å². The number of nitrogen functional groups attached to an aromatic ring is 1. The normalized spacial score (nSPS) is 12.8. The molecule has 1 unspecified atom stereocenters. The number of anilines is 2. The summed E-state index contributed by atoms with van der Waals surface area (Å²) in [5.41, 5.74) is 4.33. The average Bonchev–Trinajstić information content (AvgIpc) is 2.26. The highest BCUT2D eigenvalue weighted by Crippen LogP contribution is 2.23. The van der Waals surface area contributed by atoms with Crippen LogP contribution < -0.4 is 10.5 Å². The van der Waals surface area contributed by atoms with Crippen LogP contribution in [0.1, 0.15) is 13.3 Å². The number of nitrogens with zero attached hydrogens (tertiary/aromatic N) is 1. The molecule has 0 aliphatic carbocycles. The molecule has 5 nitrogen and oxygen atoms in total. The number of nitrogens with one attached hydrogen (secondary N) is 1.